The van der Waals surface area contributed by atoms with Gasteiger partial charge in [-0.25, -0.2) is 0 Å². The Bertz CT molecular complexity index is 539. The van der Waals surface area contributed by atoms with Gasteiger partial charge in [-0.2, -0.15) is 0 Å². The van der Waals surface area contributed by atoms with Gasteiger partial charge in [-0.05, 0) is 62.2 Å². The second kappa shape index (κ2) is 5.47. The Morgan fingerprint density at radius 2 is 2.04 bits per heavy atom. The number of aliphatic hydroxyl groups is 1. The van der Waals surface area contributed by atoms with Crippen LogP contribution < -0.4 is 0 Å². The van der Waals surface area contributed by atoms with E-state index >= 15 is 0 Å². The fourth-order valence-electron chi connectivity index (χ4n) is 6.36. The SMILES string of the molecule is C=C[C@H]1C(=C)CC[C@@H]2[C@H]1[C@@H](O)C[C@@H]1[C@]2(C)CCC[C@@]1(C)C(=O)O. The van der Waals surface area contributed by atoms with Gasteiger partial charge in [0, 0.05) is 5.92 Å². The average molecular weight is 318 g/mol. The molecule has 3 rings (SSSR count). The maximum atomic E-state index is 12.0. The normalized spacial score (nSPS) is 49.9. The number of rotatable bonds is 2. The molecule has 0 amide bonds. The van der Waals surface area contributed by atoms with E-state index in [1.807, 2.05) is 13.0 Å². The van der Waals surface area contributed by atoms with Crippen molar-refractivity contribution in [2.75, 3.05) is 0 Å². The van der Waals surface area contributed by atoms with E-state index in [1.54, 1.807) is 0 Å². The van der Waals surface area contributed by atoms with Crippen LogP contribution in [-0.2, 0) is 4.79 Å². The van der Waals surface area contributed by atoms with Crippen molar-refractivity contribution in [1.82, 2.24) is 0 Å². The molecular weight excluding hydrogens is 288 g/mol. The number of fused-ring (bicyclic) bond motifs is 3. The summed E-state index contributed by atoms with van der Waals surface area (Å²) < 4.78 is 0. The quantitative estimate of drug-likeness (QED) is 0.756. The van der Waals surface area contributed by atoms with Gasteiger partial charge in [-0.15, -0.1) is 6.58 Å². The summed E-state index contributed by atoms with van der Waals surface area (Å²) in [6.45, 7) is 12.4. The largest absolute Gasteiger partial charge is 0.481 e. The summed E-state index contributed by atoms with van der Waals surface area (Å²) in [4.78, 5) is 12.0. The highest BCUT2D eigenvalue weighted by Crippen LogP contribution is 2.65. The van der Waals surface area contributed by atoms with Gasteiger partial charge in [0.05, 0.1) is 11.5 Å². The Labute approximate surface area is 139 Å². The van der Waals surface area contributed by atoms with E-state index in [-0.39, 0.29) is 23.2 Å². The molecule has 23 heavy (non-hydrogen) atoms. The number of carboxylic acids is 1. The number of carbonyl (C=O) groups is 1. The molecule has 0 bridgehead atoms. The van der Waals surface area contributed by atoms with Crippen LogP contribution >= 0.6 is 0 Å². The number of allylic oxidation sites excluding steroid dienone is 2. The van der Waals surface area contributed by atoms with Crippen LogP contribution in [0.2, 0.25) is 0 Å². The van der Waals surface area contributed by atoms with E-state index in [9.17, 15) is 15.0 Å². The van der Waals surface area contributed by atoms with Crippen LogP contribution in [-0.4, -0.2) is 22.3 Å². The molecule has 0 aromatic carbocycles. The van der Waals surface area contributed by atoms with Crippen LogP contribution in [0.15, 0.2) is 24.8 Å². The second-order valence-corrected chi connectivity index (χ2v) is 8.58. The van der Waals surface area contributed by atoms with Crippen LogP contribution in [0.5, 0.6) is 0 Å². The zero-order valence-electron chi connectivity index (χ0n) is 14.4. The van der Waals surface area contributed by atoms with Crippen LogP contribution in [0, 0.1) is 34.5 Å². The summed E-state index contributed by atoms with van der Waals surface area (Å²) in [5.74, 6) is 0.0447. The lowest BCUT2D eigenvalue weighted by molar-refractivity contribution is -0.185. The fraction of sp³-hybridized carbons (Fsp3) is 0.750. The lowest BCUT2D eigenvalue weighted by Gasteiger charge is -2.62. The monoisotopic (exact) mass is 318 g/mol. The van der Waals surface area contributed by atoms with Crippen LogP contribution in [0.25, 0.3) is 0 Å². The fourth-order valence-corrected chi connectivity index (χ4v) is 6.36. The summed E-state index contributed by atoms with van der Waals surface area (Å²) in [6.07, 6.45) is 6.85. The summed E-state index contributed by atoms with van der Waals surface area (Å²) in [7, 11) is 0. The molecule has 3 aliphatic rings. The predicted molar refractivity (Wildman–Crippen MR) is 90.9 cm³/mol. The van der Waals surface area contributed by atoms with Crippen molar-refractivity contribution >= 4 is 5.97 Å². The smallest absolute Gasteiger partial charge is 0.309 e. The Hall–Kier alpha value is -1.09. The molecule has 7 atom stereocenters. The first kappa shape index (κ1) is 16.8. The minimum atomic E-state index is -0.711. The van der Waals surface area contributed by atoms with E-state index in [2.05, 4.69) is 20.1 Å². The molecule has 0 aromatic rings. The summed E-state index contributed by atoms with van der Waals surface area (Å²) in [5, 5.41) is 20.8. The molecule has 0 heterocycles. The van der Waals surface area contributed by atoms with Crippen LogP contribution in [0.3, 0.4) is 0 Å². The predicted octanol–water partition coefficient (Wildman–Crippen LogP) is 4.03. The molecule has 3 heteroatoms. The molecular formula is C20H30O3. The van der Waals surface area contributed by atoms with Crippen molar-refractivity contribution in [3.8, 4) is 0 Å². The molecule has 0 radical (unpaired) electrons. The van der Waals surface area contributed by atoms with Crippen LogP contribution in [0.4, 0.5) is 0 Å². The van der Waals surface area contributed by atoms with E-state index in [0.717, 1.165) is 32.1 Å². The summed E-state index contributed by atoms with van der Waals surface area (Å²) in [5.41, 5.74) is 0.466. The average Bonchev–Trinajstić information content (AvgIpc) is 2.49. The lowest BCUT2D eigenvalue weighted by atomic mass is 9.42. The number of aliphatic carboxylic acids is 1. The van der Waals surface area contributed by atoms with Crippen molar-refractivity contribution in [2.24, 2.45) is 34.5 Å². The summed E-state index contributed by atoms with van der Waals surface area (Å²) in [6, 6.07) is 0. The third-order valence-corrected chi connectivity index (χ3v) is 7.61. The van der Waals surface area contributed by atoms with Gasteiger partial charge < -0.3 is 10.2 Å². The molecule has 0 aliphatic heterocycles. The molecule has 2 N–H and O–H groups in total. The number of hydrogen-bond donors (Lipinski definition) is 2. The lowest BCUT2D eigenvalue weighted by Crippen LogP contribution is -2.60. The molecule has 0 spiro atoms. The third kappa shape index (κ3) is 2.23. The van der Waals surface area contributed by atoms with E-state index < -0.39 is 17.5 Å². The van der Waals surface area contributed by atoms with Crippen molar-refractivity contribution in [3.05, 3.63) is 24.8 Å². The van der Waals surface area contributed by atoms with Crippen molar-refractivity contribution < 1.29 is 15.0 Å². The minimum absolute atomic E-state index is 0.00273. The molecule has 3 aliphatic carbocycles. The maximum absolute atomic E-state index is 12.0. The van der Waals surface area contributed by atoms with Crippen molar-refractivity contribution in [3.63, 3.8) is 0 Å². The maximum Gasteiger partial charge on any atom is 0.309 e. The van der Waals surface area contributed by atoms with Gasteiger partial charge in [0.25, 0.3) is 0 Å². The van der Waals surface area contributed by atoms with E-state index in [0.29, 0.717) is 12.3 Å². The van der Waals surface area contributed by atoms with E-state index in [4.69, 9.17) is 0 Å². The zero-order valence-corrected chi connectivity index (χ0v) is 14.4. The topological polar surface area (TPSA) is 57.5 Å². The first-order valence-corrected chi connectivity index (χ1v) is 8.97. The molecule has 0 saturated heterocycles. The van der Waals surface area contributed by atoms with Crippen LogP contribution in [0.1, 0.15) is 52.4 Å². The Kier molecular flexibility index (Phi) is 3.99. The van der Waals surface area contributed by atoms with Gasteiger partial charge in [0.2, 0.25) is 0 Å². The zero-order chi connectivity index (χ0) is 17.0. The highest BCUT2D eigenvalue weighted by Gasteiger charge is 2.62. The molecule has 0 unspecified atom stereocenters. The third-order valence-electron chi connectivity index (χ3n) is 7.61. The van der Waals surface area contributed by atoms with Gasteiger partial charge in [-0.3, -0.25) is 4.79 Å². The Morgan fingerprint density at radius 1 is 1.35 bits per heavy atom. The first-order chi connectivity index (χ1) is 10.8. The second-order valence-electron chi connectivity index (χ2n) is 8.58. The highest BCUT2D eigenvalue weighted by atomic mass is 16.4. The van der Waals surface area contributed by atoms with Gasteiger partial charge in [-0.1, -0.05) is 31.6 Å². The standard InChI is InChI=1S/C20H30O3/c1-5-13-12(2)7-8-14-17(13)15(21)11-16-19(14,3)9-6-10-20(16,4)18(22)23/h5,13-17,21H,1-2,6-11H2,3-4H3,(H,22,23)/t13-,14+,15-,16+,17-,19+,20+/m0/s1. The van der Waals surface area contributed by atoms with Gasteiger partial charge >= 0.3 is 5.97 Å². The molecule has 3 fully saturated rings. The Balaban J connectivity index is 2.03. The molecule has 3 nitrogen and oxygen atoms in total. The molecule has 3 saturated carbocycles. The van der Waals surface area contributed by atoms with Gasteiger partial charge in [0.15, 0.2) is 0 Å². The molecule has 0 aromatic heterocycles. The number of carboxylic acid groups (broad SMARTS) is 1. The summed E-state index contributed by atoms with van der Waals surface area (Å²) >= 11 is 0. The first-order valence-electron chi connectivity index (χ1n) is 8.97. The van der Waals surface area contributed by atoms with E-state index in [1.165, 1.54) is 5.57 Å². The van der Waals surface area contributed by atoms with Crippen molar-refractivity contribution in [2.45, 2.75) is 58.5 Å². The van der Waals surface area contributed by atoms with Crippen molar-refractivity contribution in [1.29, 1.82) is 0 Å². The number of hydrogen-bond acceptors (Lipinski definition) is 2. The Morgan fingerprint density at radius 3 is 2.65 bits per heavy atom. The number of aliphatic hydroxyl groups excluding tert-OH is 1. The minimum Gasteiger partial charge on any atom is -0.481 e. The van der Waals surface area contributed by atoms with Gasteiger partial charge in [0.1, 0.15) is 0 Å². The molecule has 128 valence electrons. The highest BCUT2D eigenvalue weighted by molar-refractivity contribution is 5.75.